The van der Waals surface area contributed by atoms with E-state index in [1.54, 1.807) is 4.90 Å². The average Bonchev–Trinajstić information content (AvgIpc) is 2.73. The largest absolute Gasteiger partial charge is 0.322 e. The normalized spacial score (nSPS) is 12.8. The van der Waals surface area contributed by atoms with Gasteiger partial charge in [-0.1, -0.05) is 78.9 Å². The van der Waals surface area contributed by atoms with Gasteiger partial charge in [0.15, 0.2) is 0 Å². The molecule has 0 aliphatic carbocycles. The van der Waals surface area contributed by atoms with Crippen molar-refractivity contribution in [2.24, 2.45) is 0 Å². The summed E-state index contributed by atoms with van der Waals surface area (Å²) in [7, 11) is 3.76. The number of carbonyl (C=O) groups is 1. The molecule has 4 nitrogen and oxygen atoms in total. The molecule has 0 fully saturated rings. The van der Waals surface area contributed by atoms with Crippen LogP contribution in [0.3, 0.4) is 0 Å². The fourth-order valence-electron chi connectivity index (χ4n) is 3.32. The lowest BCUT2D eigenvalue weighted by Crippen LogP contribution is -2.41. The van der Waals surface area contributed by atoms with Crippen LogP contribution in [0.4, 0.5) is 10.5 Å². The maximum absolute atomic E-state index is 13.0. The van der Waals surface area contributed by atoms with Crippen molar-refractivity contribution in [2.75, 3.05) is 19.4 Å². The summed E-state index contributed by atoms with van der Waals surface area (Å²) in [6.07, 6.45) is 0. The van der Waals surface area contributed by atoms with Crippen molar-refractivity contribution < 1.29 is 4.79 Å². The molecule has 0 aliphatic rings. The maximum Gasteiger partial charge on any atom is 0.322 e. The van der Waals surface area contributed by atoms with Crippen LogP contribution in [0.2, 0.25) is 0 Å². The zero-order valence-electron chi connectivity index (χ0n) is 15.7. The number of nitrogens with one attached hydrogen (secondary N) is 2. The highest BCUT2D eigenvalue weighted by Gasteiger charge is 2.30. The minimum Gasteiger partial charge on any atom is -0.319 e. The van der Waals surface area contributed by atoms with Crippen LogP contribution < -0.4 is 10.6 Å². The molecule has 0 unspecified atom stereocenters. The van der Waals surface area contributed by atoms with Gasteiger partial charge in [-0.25, -0.2) is 4.79 Å². The number of likely N-dealkylation sites (N-methyl/N-ethyl adjacent to an activating group) is 2. The Labute approximate surface area is 160 Å². The number of benzene rings is 3. The molecule has 3 rings (SSSR count). The van der Waals surface area contributed by atoms with E-state index < -0.39 is 0 Å². The molecule has 27 heavy (non-hydrogen) atoms. The number of nitrogens with zero attached hydrogens (tertiary/aromatic N) is 1. The highest BCUT2D eigenvalue weighted by atomic mass is 16.2. The number of amides is 2. The van der Waals surface area contributed by atoms with Gasteiger partial charge in [-0.2, -0.15) is 0 Å². The van der Waals surface area contributed by atoms with E-state index in [1.807, 2.05) is 80.8 Å². The van der Waals surface area contributed by atoms with Crippen molar-refractivity contribution in [2.45, 2.75) is 12.1 Å². The summed E-state index contributed by atoms with van der Waals surface area (Å²) in [5, 5.41) is 6.38. The van der Waals surface area contributed by atoms with Crippen LogP contribution in [0.15, 0.2) is 91.0 Å². The summed E-state index contributed by atoms with van der Waals surface area (Å²) >= 11 is 0. The third-order valence-electron chi connectivity index (χ3n) is 4.69. The van der Waals surface area contributed by atoms with Crippen molar-refractivity contribution in [1.82, 2.24) is 10.2 Å². The van der Waals surface area contributed by atoms with Crippen molar-refractivity contribution >= 4 is 11.7 Å². The van der Waals surface area contributed by atoms with Crippen molar-refractivity contribution in [1.29, 1.82) is 0 Å². The monoisotopic (exact) mass is 359 g/mol. The van der Waals surface area contributed by atoms with Crippen LogP contribution >= 0.6 is 0 Å². The van der Waals surface area contributed by atoms with E-state index in [2.05, 4.69) is 34.9 Å². The topological polar surface area (TPSA) is 44.4 Å². The molecular formula is C23H25N3O. The van der Waals surface area contributed by atoms with E-state index >= 15 is 0 Å². The number of carbonyl (C=O) groups excluding carboxylic acids is 1. The lowest BCUT2D eigenvalue weighted by Gasteiger charge is -2.35. The van der Waals surface area contributed by atoms with E-state index in [1.165, 1.54) is 0 Å². The molecule has 3 aromatic rings. The zero-order valence-corrected chi connectivity index (χ0v) is 15.7. The van der Waals surface area contributed by atoms with Crippen LogP contribution in [0.1, 0.15) is 23.2 Å². The summed E-state index contributed by atoms with van der Waals surface area (Å²) in [6, 6.07) is 29.5. The molecule has 0 bridgehead atoms. The zero-order chi connectivity index (χ0) is 19.1. The Morgan fingerprint density at radius 2 is 1.26 bits per heavy atom. The second-order valence-electron chi connectivity index (χ2n) is 6.44. The van der Waals surface area contributed by atoms with E-state index in [-0.39, 0.29) is 18.1 Å². The third-order valence-corrected chi connectivity index (χ3v) is 4.69. The molecule has 0 aromatic heterocycles. The minimum absolute atomic E-state index is 0.0416. The molecule has 3 aromatic carbocycles. The highest BCUT2D eigenvalue weighted by molar-refractivity contribution is 5.89. The van der Waals surface area contributed by atoms with Gasteiger partial charge in [-0.15, -0.1) is 0 Å². The minimum atomic E-state index is -0.165. The molecule has 0 spiro atoms. The van der Waals surface area contributed by atoms with Gasteiger partial charge < -0.3 is 15.5 Å². The van der Waals surface area contributed by atoms with Crippen LogP contribution in [0.5, 0.6) is 0 Å². The molecule has 2 N–H and O–H groups in total. The van der Waals surface area contributed by atoms with Crippen molar-refractivity contribution in [3.05, 3.63) is 102 Å². The van der Waals surface area contributed by atoms with E-state index in [4.69, 9.17) is 0 Å². The number of anilines is 1. The summed E-state index contributed by atoms with van der Waals surface area (Å²) in [5.74, 6) is 0. The molecule has 4 heteroatoms. The highest BCUT2D eigenvalue weighted by Crippen LogP contribution is 2.33. The molecule has 0 radical (unpaired) electrons. The fourth-order valence-corrected chi connectivity index (χ4v) is 3.32. The summed E-state index contributed by atoms with van der Waals surface area (Å²) in [5.41, 5.74) is 2.99. The van der Waals surface area contributed by atoms with Gasteiger partial charge in [0.05, 0.1) is 12.1 Å². The molecule has 0 saturated heterocycles. The molecule has 0 heterocycles. The summed E-state index contributed by atoms with van der Waals surface area (Å²) in [6.45, 7) is 0. The quantitative estimate of drug-likeness (QED) is 0.661. The SMILES string of the molecule is CN[C@H](c1ccccc1)[C@@H](c1ccccc1)N(C)C(=O)Nc1ccccc1. The molecule has 0 aliphatic heterocycles. The van der Waals surface area contributed by atoms with E-state index in [9.17, 15) is 4.79 Å². The second kappa shape index (κ2) is 9.01. The number of para-hydroxylation sites is 1. The number of rotatable bonds is 6. The summed E-state index contributed by atoms with van der Waals surface area (Å²) in [4.78, 5) is 14.7. The number of hydrogen-bond acceptors (Lipinski definition) is 2. The second-order valence-corrected chi connectivity index (χ2v) is 6.44. The lowest BCUT2D eigenvalue weighted by atomic mass is 9.92. The fraction of sp³-hybridized carbons (Fsp3) is 0.174. The molecule has 2 amide bonds. The third kappa shape index (κ3) is 4.54. The predicted molar refractivity (Wildman–Crippen MR) is 111 cm³/mol. The van der Waals surface area contributed by atoms with E-state index in [0.717, 1.165) is 16.8 Å². The van der Waals surface area contributed by atoms with Gasteiger partial charge in [0, 0.05) is 12.7 Å². The predicted octanol–water partition coefficient (Wildman–Crippen LogP) is 4.85. The molecule has 2 atom stereocenters. The molecular weight excluding hydrogens is 334 g/mol. The molecule has 0 saturated carbocycles. The van der Waals surface area contributed by atoms with Crippen LogP contribution in [0.25, 0.3) is 0 Å². The maximum atomic E-state index is 13.0. The summed E-state index contributed by atoms with van der Waals surface area (Å²) < 4.78 is 0. The van der Waals surface area contributed by atoms with Crippen molar-refractivity contribution in [3.63, 3.8) is 0 Å². The Kier molecular flexibility index (Phi) is 6.23. The average molecular weight is 359 g/mol. The Hall–Kier alpha value is -3.11. The lowest BCUT2D eigenvalue weighted by molar-refractivity contribution is 0.188. The van der Waals surface area contributed by atoms with Crippen LogP contribution in [-0.4, -0.2) is 25.0 Å². The van der Waals surface area contributed by atoms with Gasteiger partial charge in [0.1, 0.15) is 0 Å². The number of urea groups is 1. The Balaban J connectivity index is 1.93. The first kappa shape index (κ1) is 18.7. The van der Waals surface area contributed by atoms with Crippen LogP contribution in [-0.2, 0) is 0 Å². The Morgan fingerprint density at radius 3 is 1.78 bits per heavy atom. The van der Waals surface area contributed by atoms with Gasteiger partial charge >= 0.3 is 6.03 Å². The smallest absolute Gasteiger partial charge is 0.319 e. The van der Waals surface area contributed by atoms with Gasteiger partial charge in [0.2, 0.25) is 0 Å². The standard InChI is InChI=1S/C23H25N3O/c1-24-21(18-12-6-3-7-13-18)22(19-14-8-4-9-15-19)26(2)23(27)25-20-16-10-5-11-17-20/h3-17,21-22,24H,1-2H3,(H,25,27)/t21-,22-/m1/s1. The van der Waals surface area contributed by atoms with Crippen molar-refractivity contribution in [3.8, 4) is 0 Å². The van der Waals surface area contributed by atoms with E-state index in [0.29, 0.717) is 0 Å². The first-order valence-electron chi connectivity index (χ1n) is 9.06. The Bertz CT molecular complexity index is 837. The Morgan fingerprint density at radius 1 is 0.778 bits per heavy atom. The van der Waals surface area contributed by atoms with Gasteiger partial charge in [-0.05, 0) is 30.3 Å². The molecule has 138 valence electrons. The van der Waals surface area contributed by atoms with Gasteiger partial charge in [0.25, 0.3) is 0 Å². The van der Waals surface area contributed by atoms with Crippen LogP contribution in [0, 0.1) is 0 Å². The number of hydrogen-bond donors (Lipinski definition) is 2. The first-order valence-corrected chi connectivity index (χ1v) is 9.06. The first-order chi connectivity index (χ1) is 13.2. The van der Waals surface area contributed by atoms with Gasteiger partial charge in [-0.3, -0.25) is 0 Å².